The fourth-order valence-electron chi connectivity index (χ4n) is 6.72. The summed E-state index contributed by atoms with van der Waals surface area (Å²) in [5.41, 5.74) is 0.957. The first-order valence-corrected chi connectivity index (χ1v) is 12.9. The van der Waals surface area contributed by atoms with Gasteiger partial charge in [-0.15, -0.1) is 0 Å². The first-order chi connectivity index (χ1) is 17.1. The molecule has 8 nitrogen and oxygen atoms in total. The van der Waals surface area contributed by atoms with Gasteiger partial charge in [0.1, 0.15) is 11.6 Å². The van der Waals surface area contributed by atoms with Crippen LogP contribution in [0.15, 0.2) is 30.5 Å². The standard InChI is InChI=1S/C27H38FN7O/c1-26(2)17-14-19(24(36)29-4)27(3,22(26)15-17)33-23-8-9-30-25(32-23)31-18-6-7-21(20(28)16-18)35-12-10-34(5)11-13-35/h6-9,16-17,19,22H,10-15H2,1-5H3,(H,29,36)(H2,30,31,32,33)/t17-,19+,22+,27-/m0/s1. The van der Waals surface area contributed by atoms with E-state index in [2.05, 4.69) is 63.5 Å². The average molecular weight is 496 g/mol. The first kappa shape index (κ1) is 24.7. The van der Waals surface area contributed by atoms with Crippen LogP contribution in [0.25, 0.3) is 0 Å². The van der Waals surface area contributed by atoms with E-state index >= 15 is 0 Å². The lowest BCUT2D eigenvalue weighted by molar-refractivity contribution is -0.155. The highest BCUT2D eigenvalue weighted by molar-refractivity contribution is 5.81. The number of anilines is 4. The summed E-state index contributed by atoms with van der Waals surface area (Å²) < 4.78 is 15.0. The van der Waals surface area contributed by atoms with Crippen LogP contribution >= 0.6 is 0 Å². The SMILES string of the molecule is CNC(=O)[C@H]1C[C@H]2C[C@H](C2(C)C)[C@@]1(C)Nc1ccnc(Nc2ccc(N3CCN(C)CC3)c(F)c2)n1. The minimum atomic E-state index is -0.430. The Kier molecular flexibility index (Phi) is 6.31. The second-order valence-electron chi connectivity index (χ2n) is 11.5. The molecule has 0 unspecified atom stereocenters. The highest BCUT2D eigenvalue weighted by Gasteiger charge is 2.64. The number of rotatable bonds is 6. The number of carbonyl (C=O) groups is 1. The van der Waals surface area contributed by atoms with Crippen LogP contribution < -0.4 is 20.9 Å². The zero-order valence-corrected chi connectivity index (χ0v) is 21.9. The molecule has 4 fully saturated rings. The number of amides is 1. The van der Waals surface area contributed by atoms with Gasteiger partial charge in [0, 0.05) is 45.1 Å². The molecule has 0 spiro atoms. The normalized spacial score (nSPS) is 29.3. The monoisotopic (exact) mass is 495 g/mol. The molecule has 36 heavy (non-hydrogen) atoms. The lowest BCUT2D eigenvalue weighted by atomic mass is 9.40. The number of likely N-dealkylation sites (N-methyl/N-ethyl adjacent to an activating group) is 1. The minimum Gasteiger partial charge on any atom is -0.367 e. The Bertz CT molecular complexity index is 1130. The number of halogens is 1. The molecule has 2 bridgehead atoms. The molecule has 0 radical (unpaired) electrons. The first-order valence-electron chi connectivity index (χ1n) is 12.9. The van der Waals surface area contributed by atoms with Crippen LogP contribution in [-0.2, 0) is 4.79 Å². The zero-order chi connectivity index (χ0) is 25.7. The second-order valence-corrected chi connectivity index (χ2v) is 11.5. The largest absolute Gasteiger partial charge is 0.367 e. The van der Waals surface area contributed by atoms with Gasteiger partial charge in [0.25, 0.3) is 0 Å². The van der Waals surface area contributed by atoms with Crippen molar-refractivity contribution in [2.75, 3.05) is 55.8 Å². The molecule has 1 aliphatic heterocycles. The van der Waals surface area contributed by atoms with Crippen molar-refractivity contribution in [2.45, 2.75) is 39.2 Å². The molecule has 3 saturated carbocycles. The van der Waals surface area contributed by atoms with Gasteiger partial charge in [-0.3, -0.25) is 4.79 Å². The molecule has 1 amide bonds. The summed E-state index contributed by atoms with van der Waals surface area (Å²) >= 11 is 0. The zero-order valence-electron chi connectivity index (χ0n) is 21.9. The van der Waals surface area contributed by atoms with E-state index in [0.29, 0.717) is 35.0 Å². The van der Waals surface area contributed by atoms with Gasteiger partial charge in [-0.25, -0.2) is 9.37 Å². The summed E-state index contributed by atoms with van der Waals surface area (Å²) in [7, 11) is 3.79. The summed E-state index contributed by atoms with van der Waals surface area (Å²) in [6.07, 6.45) is 3.66. The molecule has 194 valence electrons. The van der Waals surface area contributed by atoms with E-state index in [1.165, 1.54) is 6.07 Å². The minimum absolute atomic E-state index is 0.0681. The highest BCUT2D eigenvalue weighted by Crippen LogP contribution is 2.65. The number of benzene rings is 1. The van der Waals surface area contributed by atoms with Gasteiger partial charge in [-0.05, 0) is 68.3 Å². The van der Waals surface area contributed by atoms with Gasteiger partial charge in [0.15, 0.2) is 0 Å². The Morgan fingerprint density at radius 1 is 1.11 bits per heavy atom. The maximum atomic E-state index is 15.0. The predicted molar refractivity (Wildman–Crippen MR) is 141 cm³/mol. The molecule has 9 heteroatoms. The molecule has 6 rings (SSSR count). The van der Waals surface area contributed by atoms with Crippen LogP contribution in [0.2, 0.25) is 0 Å². The van der Waals surface area contributed by atoms with Crippen molar-refractivity contribution in [2.24, 2.45) is 23.2 Å². The van der Waals surface area contributed by atoms with Crippen LogP contribution in [0.1, 0.15) is 33.6 Å². The van der Waals surface area contributed by atoms with E-state index in [9.17, 15) is 9.18 Å². The number of hydrogen-bond donors (Lipinski definition) is 3. The number of fused-ring (bicyclic) bond motifs is 2. The predicted octanol–water partition coefficient (Wildman–Crippen LogP) is 3.71. The van der Waals surface area contributed by atoms with E-state index in [1.54, 1.807) is 13.2 Å². The maximum absolute atomic E-state index is 15.0. The van der Waals surface area contributed by atoms with Crippen LogP contribution in [0, 0.1) is 29.0 Å². The van der Waals surface area contributed by atoms with Crippen molar-refractivity contribution in [1.29, 1.82) is 0 Å². The fourth-order valence-corrected chi connectivity index (χ4v) is 6.72. The van der Waals surface area contributed by atoms with Gasteiger partial charge < -0.3 is 25.8 Å². The second kappa shape index (κ2) is 9.18. The van der Waals surface area contributed by atoms with E-state index in [1.807, 2.05) is 18.2 Å². The van der Waals surface area contributed by atoms with Gasteiger partial charge >= 0.3 is 0 Å². The van der Waals surface area contributed by atoms with Gasteiger partial charge in [-0.2, -0.15) is 4.98 Å². The lowest BCUT2D eigenvalue weighted by Crippen LogP contribution is -2.69. The molecule has 1 aromatic carbocycles. The van der Waals surface area contributed by atoms with Crippen LogP contribution in [-0.4, -0.2) is 66.6 Å². The molecular weight excluding hydrogens is 457 g/mol. The topological polar surface area (TPSA) is 85.4 Å². The summed E-state index contributed by atoms with van der Waals surface area (Å²) in [5, 5.41) is 9.63. The van der Waals surface area contributed by atoms with Gasteiger partial charge in [-0.1, -0.05) is 13.8 Å². The van der Waals surface area contributed by atoms with Crippen molar-refractivity contribution in [1.82, 2.24) is 20.2 Å². The number of nitrogens with zero attached hydrogens (tertiary/aromatic N) is 4. The molecule has 3 aliphatic carbocycles. The molecule has 4 atom stereocenters. The Labute approximate surface area is 213 Å². The molecule has 2 aromatic rings. The van der Waals surface area contributed by atoms with Crippen molar-refractivity contribution in [3.05, 3.63) is 36.3 Å². The molecule has 1 saturated heterocycles. The number of hydrogen-bond acceptors (Lipinski definition) is 7. The number of piperazine rings is 1. The van der Waals surface area contributed by atoms with E-state index in [0.717, 1.165) is 39.0 Å². The van der Waals surface area contributed by atoms with Crippen molar-refractivity contribution in [3.63, 3.8) is 0 Å². The third-order valence-corrected chi connectivity index (χ3v) is 9.10. The summed E-state index contributed by atoms with van der Waals surface area (Å²) in [6.45, 7) is 10.2. The van der Waals surface area contributed by atoms with Gasteiger partial charge in [0.2, 0.25) is 11.9 Å². The van der Waals surface area contributed by atoms with Crippen molar-refractivity contribution < 1.29 is 9.18 Å². The number of nitrogens with one attached hydrogen (secondary N) is 3. The summed E-state index contributed by atoms with van der Waals surface area (Å²) in [5.74, 6) is 1.62. The van der Waals surface area contributed by atoms with Crippen LogP contribution in [0.4, 0.5) is 27.5 Å². The van der Waals surface area contributed by atoms with Crippen LogP contribution in [0.5, 0.6) is 0 Å². The number of aromatic nitrogens is 2. The summed E-state index contributed by atoms with van der Waals surface area (Å²) in [4.78, 5) is 26.2. The Morgan fingerprint density at radius 2 is 1.86 bits per heavy atom. The third-order valence-electron chi connectivity index (χ3n) is 9.10. The Morgan fingerprint density at radius 3 is 2.53 bits per heavy atom. The Balaban J connectivity index is 1.33. The molecule has 2 heterocycles. The Hall–Kier alpha value is -2.94. The maximum Gasteiger partial charge on any atom is 0.229 e. The van der Waals surface area contributed by atoms with E-state index < -0.39 is 5.54 Å². The van der Waals surface area contributed by atoms with Crippen molar-refractivity contribution >= 4 is 29.0 Å². The average Bonchev–Trinajstić information content (AvgIpc) is 2.84. The molecule has 1 aromatic heterocycles. The van der Waals surface area contributed by atoms with Crippen LogP contribution in [0.3, 0.4) is 0 Å². The molecule has 3 N–H and O–H groups in total. The van der Waals surface area contributed by atoms with E-state index in [-0.39, 0.29) is 23.1 Å². The summed E-state index contributed by atoms with van der Waals surface area (Å²) in [6, 6.07) is 7.00. The fraction of sp³-hybridized carbons (Fsp3) is 0.593. The van der Waals surface area contributed by atoms with Crippen molar-refractivity contribution in [3.8, 4) is 0 Å². The molecular formula is C27H38FN7O. The van der Waals surface area contributed by atoms with E-state index in [4.69, 9.17) is 0 Å². The lowest BCUT2D eigenvalue weighted by Gasteiger charge is -2.66. The number of carbonyl (C=O) groups excluding carboxylic acids is 1. The smallest absolute Gasteiger partial charge is 0.229 e. The van der Waals surface area contributed by atoms with Gasteiger partial charge in [0.05, 0.1) is 17.1 Å². The highest BCUT2D eigenvalue weighted by atomic mass is 19.1. The quantitative estimate of drug-likeness (QED) is 0.563. The third kappa shape index (κ3) is 4.27. The molecule has 4 aliphatic rings.